The number of primary amides is 1. The number of carbonyl (C=O) groups is 1. The lowest BCUT2D eigenvalue weighted by molar-refractivity contribution is 0.100. The number of anilines is 3. The lowest BCUT2D eigenvalue weighted by atomic mass is 9.90. The summed E-state index contributed by atoms with van der Waals surface area (Å²) in [6.07, 6.45) is 8.71. The predicted molar refractivity (Wildman–Crippen MR) is 123 cm³/mol. The van der Waals surface area contributed by atoms with E-state index < -0.39 is 11.7 Å². The summed E-state index contributed by atoms with van der Waals surface area (Å²) in [7, 11) is 1.90. The van der Waals surface area contributed by atoms with E-state index in [1.54, 1.807) is 36.6 Å². The molecule has 1 aromatic heterocycles. The molecule has 31 heavy (non-hydrogen) atoms. The monoisotopic (exact) mass is 425 g/mol. The first kappa shape index (κ1) is 22.2. The highest BCUT2D eigenvalue weighted by molar-refractivity contribution is 5.98. The zero-order chi connectivity index (χ0) is 22.2. The van der Waals surface area contributed by atoms with Gasteiger partial charge >= 0.3 is 0 Å². The fraction of sp³-hybridized carbons (Fsp3) is 0.318. The summed E-state index contributed by atoms with van der Waals surface area (Å²) in [6.45, 7) is 0. The molecule has 0 saturated heterocycles. The Kier molecular flexibility index (Phi) is 7.55. The van der Waals surface area contributed by atoms with Crippen molar-refractivity contribution >= 4 is 35.1 Å². The number of benzene rings is 1. The third-order valence-corrected chi connectivity index (χ3v) is 5.25. The predicted octanol–water partition coefficient (Wildman–Crippen LogP) is 3.18. The van der Waals surface area contributed by atoms with Crippen LogP contribution in [0.2, 0.25) is 0 Å². The first-order valence-corrected chi connectivity index (χ1v) is 10.2. The number of carbonyl (C=O) groups excluding carboxylic acids is 1. The second kappa shape index (κ2) is 10.5. The number of allylic oxidation sites excluding steroid dienone is 1. The molecule has 0 bridgehead atoms. The average Bonchev–Trinajstić information content (AvgIpc) is 2.77. The van der Waals surface area contributed by atoms with Gasteiger partial charge in [0.15, 0.2) is 11.6 Å². The number of hydrogen-bond acceptors (Lipinski definition) is 7. The van der Waals surface area contributed by atoms with Gasteiger partial charge < -0.3 is 27.4 Å². The largest absolute Gasteiger partial charge is 0.405 e. The molecule has 3 rings (SSSR count). The number of likely N-dealkylation sites (N-methyl/N-ethyl adjacent to an activating group) is 1. The van der Waals surface area contributed by atoms with Crippen molar-refractivity contribution in [2.45, 2.75) is 37.8 Å². The first-order valence-electron chi connectivity index (χ1n) is 10.2. The smallest absolute Gasteiger partial charge is 0.252 e. The fourth-order valence-electron chi connectivity index (χ4n) is 3.64. The van der Waals surface area contributed by atoms with E-state index in [9.17, 15) is 9.18 Å². The van der Waals surface area contributed by atoms with E-state index in [-0.39, 0.29) is 29.3 Å². The normalized spacial score (nSPS) is 19.0. The van der Waals surface area contributed by atoms with Crippen LogP contribution in [0.4, 0.5) is 27.4 Å². The molecule has 9 heteroatoms. The van der Waals surface area contributed by atoms with Crippen LogP contribution in [-0.2, 0) is 0 Å². The van der Waals surface area contributed by atoms with Gasteiger partial charge in [-0.05, 0) is 62.5 Å². The van der Waals surface area contributed by atoms with Crippen LogP contribution in [0.5, 0.6) is 0 Å². The van der Waals surface area contributed by atoms with E-state index >= 15 is 0 Å². The minimum atomic E-state index is -0.763. The van der Waals surface area contributed by atoms with Crippen LogP contribution >= 0.6 is 0 Å². The topological polar surface area (TPSA) is 130 Å². The molecule has 0 spiro atoms. The molecule has 1 aromatic carbocycles. The Bertz CT molecular complexity index is 959. The summed E-state index contributed by atoms with van der Waals surface area (Å²) in [5.41, 5.74) is 12.1. The van der Waals surface area contributed by atoms with Crippen molar-refractivity contribution in [2.24, 2.45) is 16.5 Å². The molecular weight excluding hydrogens is 397 g/mol. The van der Waals surface area contributed by atoms with E-state index in [1.807, 2.05) is 7.05 Å². The molecule has 1 heterocycles. The number of hydrogen-bond donors (Lipinski definition) is 5. The average molecular weight is 426 g/mol. The number of amides is 1. The summed E-state index contributed by atoms with van der Waals surface area (Å²) in [4.78, 5) is 20.5. The quantitative estimate of drug-likeness (QED) is 0.413. The fourth-order valence-corrected chi connectivity index (χ4v) is 3.64. The Balaban J connectivity index is 1.84. The second-order valence-electron chi connectivity index (χ2n) is 7.34. The summed E-state index contributed by atoms with van der Waals surface area (Å²) in [6, 6.07) is 8.52. The van der Waals surface area contributed by atoms with Gasteiger partial charge in [0.1, 0.15) is 5.82 Å². The molecule has 8 nitrogen and oxygen atoms in total. The van der Waals surface area contributed by atoms with Crippen LogP contribution in [0, 0.1) is 5.82 Å². The number of rotatable bonds is 8. The van der Waals surface area contributed by atoms with Gasteiger partial charge in [0.25, 0.3) is 5.91 Å². The van der Waals surface area contributed by atoms with E-state index in [0.717, 1.165) is 37.4 Å². The standard InChI is InChI=1S/C22H28FN7O/c1-26-18-5-2-3-6-19(18)29-22-17(23)13-16(20(25)31)21(30-22)28-15-9-7-14(8-10-15)27-12-4-11-24/h4,7-13,18-19,26H,2-3,5-6,24H2,1H3,(H2,25,31)(H2,28,29,30)/t18?,19-/m1/s1. The van der Waals surface area contributed by atoms with Gasteiger partial charge in [-0.1, -0.05) is 12.8 Å². The van der Waals surface area contributed by atoms with Gasteiger partial charge in [-0.3, -0.25) is 9.79 Å². The first-order chi connectivity index (χ1) is 15.0. The third kappa shape index (κ3) is 5.79. The van der Waals surface area contributed by atoms with Crippen molar-refractivity contribution < 1.29 is 9.18 Å². The van der Waals surface area contributed by atoms with E-state index in [4.69, 9.17) is 11.5 Å². The minimum absolute atomic E-state index is 0.0213. The van der Waals surface area contributed by atoms with E-state index in [2.05, 4.69) is 25.9 Å². The minimum Gasteiger partial charge on any atom is -0.405 e. The molecule has 1 aliphatic carbocycles. The van der Waals surface area contributed by atoms with Crippen molar-refractivity contribution in [1.29, 1.82) is 0 Å². The zero-order valence-electron chi connectivity index (χ0n) is 17.4. The number of pyridine rings is 1. The van der Waals surface area contributed by atoms with Gasteiger partial charge in [0, 0.05) is 24.0 Å². The van der Waals surface area contributed by atoms with Gasteiger partial charge in [-0.15, -0.1) is 0 Å². The summed E-state index contributed by atoms with van der Waals surface area (Å²) in [5.74, 6) is -1.09. The Morgan fingerprint density at radius 1 is 1.19 bits per heavy atom. The van der Waals surface area contributed by atoms with Crippen molar-refractivity contribution in [1.82, 2.24) is 10.3 Å². The number of aliphatic imine (C=N–C) groups is 1. The lowest BCUT2D eigenvalue weighted by Gasteiger charge is -2.32. The van der Waals surface area contributed by atoms with Crippen LogP contribution in [0.3, 0.4) is 0 Å². The lowest BCUT2D eigenvalue weighted by Crippen LogP contribution is -2.45. The van der Waals surface area contributed by atoms with Gasteiger partial charge in [0.2, 0.25) is 0 Å². The number of nitrogens with two attached hydrogens (primary N) is 2. The summed E-state index contributed by atoms with van der Waals surface area (Å²) < 4.78 is 14.7. The SMILES string of the molecule is CNC1CCCC[C@H]1Nc1nc(Nc2ccc(N=CC=CN)cc2)c(C(N)=O)cc1F. The Labute approximate surface area is 181 Å². The maximum Gasteiger partial charge on any atom is 0.252 e. The molecule has 0 radical (unpaired) electrons. The Hall–Kier alpha value is -3.46. The highest BCUT2D eigenvalue weighted by Gasteiger charge is 2.26. The molecule has 164 valence electrons. The third-order valence-electron chi connectivity index (χ3n) is 5.25. The highest BCUT2D eigenvalue weighted by Crippen LogP contribution is 2.27. The Morgan fingerprint density at radius 2 is 1.90 bits per heavy atom. The number of nitrogens with one attached hydrogen (secondary N) is 3. The molecular formula is C22H28FN7O. The zero-order valence-corrected chi connectivity index (χ0v) is 17.4. The number of halogens is 1. The van der Waals surface area contributed by atoms with Gasteiger partial charge in [-0.2, -0.15) is 0 Å². The van der Waals surface area contributed by atoms with Crippen LogP contribution in [0.1, 0.15) is 36.0 Å². The number of nitrogens with zero attached hydrogens (tertiary/aromatic N) is 2. The molecule has 1 fully saturated rings. The second-order valence-corrected chi connectivity index (χ2v) is 7.34. The van der Waals surface area contributed by atoms with Crippen LogP contribution < -0.4 is 27.4 Å². The van der Waals surface area contributed by atoms with Gasteiger partial charge in [0.05, 0.1) is 11.3 Å². The van der Waals surface area contributed by atoms with Crippen molar-refractivity contribution in [3.8, 4) is 0 Å². The molecule has 1 aliphatic rings. The molecule has 2 atom stereocenters. The van der Waals surface area contributed by atoms with Crippen molar-refractivity contribution in [3.63, 3.8) is 0 Å². The van der Waals surface area contributed by atoms with Gasteiger partial charge in [-0.25, -0.2) is 9.37 Å². The molecule has 1 saturated carbocycles. The van der Waals surface area contributed by atoms with Crippen LogP contribution in [0.15, 0.2) is 47.6 Å². The van der Waals surface area contributed by atoms with Crippen molar-refractivity contribution in [2.75, 3.05) is 17.7 Å². The van der Waals surface area contributed by atoms with E-state index in [0.29, 0.717) is 5.69 Å². The maximum absolute atomic E-state index is 14.7. The summed E-state index contributed by atoms with van der Waals surface area (Å²) in [5, 5.41) is 9.54. The molecule has 2 aromatic rings. The van der Waals surface area contributed by atoms with Crippen LogP contribution in [0.25, 0.3) is 0 Å². The molecule has 1 amide bonds. The number of aromatic nitrogens is 1. The van der Waals surface area contributed by atoms with Crippen LogP contribution in [-0.4, -0.2) is 36.2 Å². The molecule has 7 N–H and O–H groups in total. The van der Waals surface area contributed by atoms with Crippen molar-refractivity contribution in [3.05, 3.63) is 54.0 Å². The highest BCUT2D eigenvalue weighted by atomic mass is 19.1. The Morgan fingerprint density at radius 3 is 2.55 bits per heavy atom. The molecule has 0 aliphatic heterocycles. The maximum atomic E-state index is 14.7. The van der Waals surface area contributed by atoms with E-state index in [1.165, 1.54) is 6.20 Å². The summed E-state index contributed by atoms with van der Waals surface area (Å²) >= 11 is 0. The molecule has 1 unspecified atom stereocenters.